The zero-order chi connectivity index (χ0) is 55.0. The lowest BCUT2D eigenvalue weighted by atomic mass is 10.0. The van der Waals surface area contributed by atoms with Gasteiger partial charge in [0.25, 0.3) is 0 Å². The number of carbonyl (C=O) groups is 3. The maximum Gasteiger partial charge on any atom is 0.306 e. The molecule has 0 amide bonds. The predicted octanol–water partition coefficient (Wildman–Crippen LogP) is 22.9. The number of rotatable bonds is 62. The van der Waals surface area contributed by atoms with Crippen LogP contribution in [0.15, 0.2) is 48.6 Å². The Morgan fingerprint density at radius 1 is 0.276 bits per heavy atom. The third-order valence-corrected chi connectivity index (χ3v) is 15.1. The highest BCUT2D eigenvalue weighted by molar-refractivity contribution is 5.71. The van der Waals surface area contributed by atoms with E-state index in [2.05, 4.69) is 69.4 Å². The van der Waals surface area contributed by atoms with Gasteiger partial charge >= 0.3 is 17.9 Å². The minimum Gasteiger partial charge on any atom is -0.462 e. The van der Waals surface area contributed by atoms with E-state index in [4.69, 9.17) is 14.2 Å². The lowest BCUT2D eigenvalue weighted by Gasteiger charge is -2.18. The van der Waals surface area contributed by atoms with Crippen molar-refractivity contribution in [2.24, 2.45) is 0 Å². The van der Waals surface area contributed by atoms with Crippen LogP contribution in [0.1, 0.15) is 361 Å². The maximum atomic E-state index is 12.8. The van der Waals surface area contributed by atoms with Gasteiger partial charge in [-0.15, -0.1) is 0 Å². The molecule has 0 rings (SSSR count). The van der Waals surface area contributed by atoms with E-state index in [1.165, 1.54) is 225 Å². The second-order valence-corrected chi connectivity index (χ2v) is 22.7. The molecule has 0 spiro atoms. The molecule has 444 valence electrons. The molecule has 0 N–H and O–H groups in total. The topological polar surface area (TPSA) is 78.9 Å². The van der Waals surface area contributed by atoms with Gasteiger partial charge in [0.05, 0.1) is 0 Å². The average molecular weight is 1070 g/mol. The first-order chi connectivity index (χ1) is 37.5. The molecule has 0 aliphatic carbocycles. The van der Waals surface area contributed by atoms with Crippen LogP contribution < -0.4 is 0 Å². The van der Waals surface area contributed by atoms with E-state index in [0.29, 0.717) is 19.3 Å². The molecule has 0 bridgehead atoms. The Balaban J connectivity index is 4.00. The molecule has 0 aliphatic heterocycles. The third kappa shape index (κ3) is 62.2. The maximum absolute atomic E-state index is 12.8. The summed E-state index contributed by atoms with van der Waals surface area (Å²) in [4.78, 5) is 38.1. The molecule has 1 atom stereocenters. The van der Waals surface area contributed by atoms with E-state index in [0.717, 1.165) is 96.3 Å². The van der Waals surface area contributed by atoms with Gasteiger partial charge in [-0.3, -0.25) is 14.4 Å². The fraction of sp³-hybridized carbons (Fsp3) is 0.843. The quantitative estimate of drug-likeness (QED) is 0.0261. The van der Waals surface area contributed by atoms with E-state index in [1.807, 2.05) is 0 Å². The molecule has 76 heavy (non-hydrogen) atoms. The Bertz CT molecular complexity index is 1310. The molecule has 1 unspecified atom stereocenters. The van der Waals surface area contributed by atoms with Gasteiger partial charge < -0.3 is 14.2 Å². The van der Waals surface area contributed by atoms with Crippen LogP contribution in [0.25, 0.3) is 0 Å². The highest BCUT2D eigenvalue weighted by Crippen LogP contribution is 2.18. The number of ether oxygens (including phenoxy) is 3. The van der Waals surface area contributed by atoms with Crippen molar-refractivity contribution in [1.82, 2.24) is 0 Å². The zero-order valence-electron chi connectivity index (χ0n) is 51.0. The Labute approximate surface area is 473 Å². The van der Waals surface area contributed by atoms with Crippen molar-refractivity contribution in [3.63, 3.8) is 0 Å². The fourth-order valence-electron chi connectivity index (χ4n) is 10.1. The van der Waals surface area contributed by atoms with Crippen LogP contribution in [0.2, 0.25) is 0 Å². The Morgan fingerprint density at radius 3 is 0.803 bits per heavy atom. The monoisotopic (exact) mass is 1060 g/mol. The first kappa shape index (κ1) is 73.4. The molecule has 0 aliphatic rings. The van der Waals surface area contributed by atoms with Crippen LogP contribution in [0.5, 0.6) is 0 Å². The summed E-state index contributed by atoms with van der Waals surface area (Å²) < 4.78 is 16.8. The van der Waals surface area contributed by atoms with Crippen molar-refractivity contribution in [2.75, 3.05) is 13.2 Å². The standard InChI is InChI=1S/C70H128O6/c1-4-7-10-13-16-19-21-23-25-27-28-29-30-31-32-33-34-35-36-37-38-39-40-41-42-44-45-47-49-51-54-57-60-63-69(72)75-66-67(65-74-68(71)62-59-56-53-18-15-12-9-6-3)76-70(73)64-61-58-55-52-50-48-46-43-26-24-22-20-17-14-11-8-5-2/h8,11,17,20,24,26,46,48,67H,4-7,9-10,12-16,18-19,21-23,25,27-45,47,49-66H2,1-3H3/b11-8-,20-17-,26-24-,48-46-. The molecule has 6 heteroatoms. The lowest BCUT2D eigenvalue weighted by molar-refractivity contribution is -0.167. The van der Waals surface area contributed by atoms with Gasteiger partial charge in [0.1, 0.15) is 13.2 Å². The Morgan fingerprint density at radius 2 is 0.513 bits per heavy atom. The third-order valence-electron chi connectivity index (χ3n) is 15.1. The van der Waals surface area contributed by atoms with Gasteiger partial charge in [0.2, 0.25) is 0 Å². The SMILES string of the molecule is CC/C=C\C/C=C\C/C=C\C/C=C\CCCCCCC(=O)OC(COC(=O)CCCCCCCCCC)COC(=O)CCCCCCCCCCCCCCCCCCCCCCCCCCCCCCCCCCC. The second-order valence-electron chi connectivity index (χ2n) is 22.7. The second kappa shape index (κ2) is 64.9. The van der Waals surface area contributed by atoms with E-state index in [-0.39, 0.29) is 31.1 Å². The summed E-state index contributed by atoms with van der Waals surface area (Å²) in [5, 5.41) is 0. The molecule has 6 nitrogen and oxygen atoms in total. The molecule has 0 fully saturated rings. The Kier molecular flexibility index (Phi) is 62.6. The van der Waals surface area contributed by atoms with Crippen LogP contribution in [0, 0.1) is 0 Å². The van der Waals surface area contributed by atoms with Crippen LogP contribution in [-0.4, -0.2) is 37.2 Å². The van der Waals surface area contributed by atoms with E-state index in [1.54, 1.807) is 0 Å². The summed E-state index contributed by atoms with van der Waals surface area (Å²) in [6.07, 6.45) is 81.8. The summed E-state index contributed by atoms with van der Waals surface area (Å²) in [5.74, 6) is -0.890. The van der Waals surface area contributed by atoms with Crippen LogP contribution in [0.4, 0.5) is 0 Å². The normalized spacial score (nSPS) is 12.3. The molecule has 0 saturated heterocycles. The molecule has 0 aromatic heterocycles. The number of hydrogen-bond donors (Lipinski definition) is 0. The van der Waals surface area contributed by atoms with Crippen LogP contribution >= 0.6 is 0 Å². The largest absolute Gasteiger partial charge is 0.462 e. The van der Waals surface area contributed by atoms with Crippen LogP contribution in [0.3, 0.4) is 0 Å². The summed E-state index contributed by atoms with van der Waals surface area (Å²) in [5.41, 5.74) is 0. The minimum atomic E-state index is -0.782. The average Bonchev–Trinajstić information content (AvgIpc) is 3.42. The molecule has 0 radical (unpaired) electrons. The van der Waals surface area contributed by atoms with Gasteiger partial charge in [0.15, 0.2) is 6.10 Å². The zero-order valence-corrected chi connectivity index (χ0v) is 51.0. The summed E-state index contributed by atoms with van der Waals surface area (Å²) in [7, 11) is 0. The summed E-state index contributed by atoms with van der Waals surface area (Å²) in [6, 6.07) is 0. The molecular weight excluding hydrogens is 937 g/mol. The molecule has 0 heterocycles. The van der Waals surface area contributed by atoms with E-state index < -0.39 is 6.10 Å². The number of unbranched alkanes of at least 4 members (excludes halogenated alkanes) is 43. The van der Waals surface area contributed by atoms with Crippen molar-refractivity contribution in [1.29, 1.82) is 0 Å². The van der Waals surface area contributed by atoms with Crippen molar-refractivity contribution >= 4 is 17.9 Å². The first-order valence-corrected chi connectivity index (χ1v) is 33.6. The first-order valence-electron chi connectivity index (χ1n) is 33.6. The highest BCUT2D eigenvalue weighted by atomic mass is 16.6. The summed E-state index contributed by atoms with van der Waals surface area (Å²) in [6.45, 7) is 6.53. The molecule has 0 saturated carbocycles. The number of hydrogen-bond acceptors (Lipinski definition) is 6. The number of carbonyl (C=O) groups excluding carboxylic acids is 3. The van der Waals surface area contributed by atoms with Crippen molar-refractivity contribution in [2.45, 2.75) is 367 Å². The van der Waals surface area contributed by atoms with Gasteiger partial charge in [-0.2, -0.15) is 0 Å². The van der Waals surface area contributed by atoms with Gasteiger partial charge in [-0.1, -0.05) is 333 Å². The lowest BCUT2D eigenvalue weighted by Crippen LogP contribution is -2.30. The van der Waals surface area contributed by atoms with Crippen molar-refractivity contribution in [3.8, 4) is 0 Å². The number of allylic oxidation sites excluding steroid dienone is 8. The van der Waals surface area contributed by atoms with Gasteiger partial charge in [-0.25, -0.2) is 0 Å². The van der Waals surface area contributed by atoms with E-state index >= 15 is 0 Å². The smallest absolute Gasteiger partial charge is 0.306 e. The summed E-state index contributed by atoms with van der Waals surface area (Å²) >= 11 is 0. The van der Waals surface area contributed by atoms with Gasteiger partial charge in [0, 0.05) is 19.3 Å². The van der Waals surface area contributed by atoms with Crippen molar-refractivity contribution < 1.29 is 28.6 Å². The van der Waals surface area contributed by atoms with Crippen LogP contribution in [-0.2, 0) is 28.6 Å². The molecule has 0 aromatic rings. The van der Waals surface area contributed by atoms with Gasteiger partial charge in [-0.05, 0) is 57.8 Å². The predicted molar refractivity (Wildman–Crippen MR) is 330 cm³/mol. The highest BCUT2D eigenvalue weighted by Gasteiger charge is 2.19. The number of esters is 3. The minimum absolute atomic E-state index is 0.0792. The van der Waals surface area contributed by atoms with E-state index in [9.17, 15) is 14.4 Å². The fourth-order valence-corrected chi connectivity index (χ4v) is 10.1. The molecular formula is C70H128O6. The Hall–Kier alpha value is -2.63. The molecule has 0 aromatic carbocycles. The van der Waals surface area contributed by atoms with Crippen molar-refractivity contribution in [3.05, 3.63) is 48.6 Å².